The van der Waals surface area contributed by atoms with Crippen molar-refractivity contribution >= 4 is 5.78 Å². The zero-order valence-corrected chi connectivity index (χ0v) is 8.46. The Morgan fingerprint density at radius 2 is 1.83 bits per heavy atom. The number of ketones is 1. The molecule has 0 fully saturated rings. The summed E-state index contributed by atoms with van der Waals surface area (Å²) in [5.74, 6) is 0.343. The summed E-state index contributed by atoms with van der Waals surface area (Å²) in [7, 11) is 1.56. The Morgan fingerprint density at radius 1 is 1.42 bits per heavy atom. The summed E-state index contributed by atoms with van der Waals surface area (Å²) in [6.07, 6.45) is 1.06. The number of carbonyl (C=O) groups excluding carboxylic acids is 1. The highest BCUT2D eigenvalue weighted by Gasteiger charge is 1.87. The van der Waals surface area contributed by atoms with Crippen molar-refractivity contribution in [2.24, 2.45) is 0 Å². The Balaban J connectivity index is 0. The molecule has 0 aliphatic heterocycles. The Kier molecular flexibility index (Phi) is 12.5. The van der Waals surface area contributed by atoms with E-state index in [1.165, 1.54) is 0 Å². The normalized spacial score (nSPS) is 11.4. The molecule has 0 saturated heterocycles. The minimum Gasteiger partial charge on any atom is -0.391 e. The number of methoxy groups -OCH3 is 1. The molecule has 0 aromatic carbocycles. The fraction of sp³-hybridized carbons (Fsp3) is 0.889. The van der Waals surface area contributed by atoms with Crippen LogP contribution in [0.1, 0.15) is 33.6 Å². The van der Waals surface area contributed by atoms with Crippen LogP contribution in [0.15, 0.2) is 0 Å². The summed E-state index contributed by atoms with van der Waals surface area (Å²) >= 11 is 0. The van der Waals surface area contributed by atoms with Gasteiger partial charge in [-0.2, -0.15) is 0 Å². The standard InChI is InChI=1S/C5H10O.C4H10O2/c1-3-5(6)4-2;1-4(5)3-6-2/h3-4H2,1-2H3;4-5H,3H2,1-2H3. The minimum atomic E-state index is -0.324. The predicted molar refractivity (Wildman–Crippen MR) is 49.1 cm³/mol. The van der Waals surface area contributed by atoms with Crippen LogP contribution in [0.4, 0.5) is 0 Å². The first-order chi connectivity index (χ1) is 5.58. The van der Waals surface area contributed by atoms with E-state index in [4.69, 9.17) is 5.11 Å². The quantitative estimate of drug-likeness (QED) is 0.704. The van der Waals surface area contributed by atoms with E-state index in [9.17, 15) is 4.79 Å². The van der Waals surface area contributed by atoms with E-state index in [0.29, 0.717) is 25.2 Å². The molecule has 0 aromatic heterocycles. The molecule has 74 valence electrons. The van der Waals surface area contributed by atoms with Gasteiger partial charge in [-0.05, 0) is 6.92 Å². The molecule has 0 rings (SSSR count). The molecule has 0 aromatic rings. The van der Waals surface area contributed by atoms with Crippen LogP contribution in [0.2, 0.25) is 0 Å². The van der Waals surface area contributed by atoms with E-state index in [-0.39, 0.29) is 6.10 Å². The molecular weight excluding hydrogens is 156 g/mol. The van der Waals surface area contributed by atoms with Gasteiger partial charge in [-0.15, -0.1) is 0 Å². The van der Waals surface area contributed by atoms with Gasteiger partial charge in [0.15, 0.2) is 0 Å². The SMILES string of the molecule is CCC(=O)CC.COCC(C)O. The fourth-order valence-electron chi connectivity index (χ4n) is 0.491. The zero-order chi connectivity index (χ0) is 9.98. The maximum atomic E-state index is 10.2. The van der Waals surface area contributed by atoms with Crippen molar-refractivity contribution in [1.82, 2.24) is 0 Å². The number of ether oxygens (including phenoxy) is 1. The van der Waals surface area contributed by atoms with Gasteiger partial charge in [0.05, 0.1) is 12.7 Å². The van der Waals surface area contributed by atoms with Crippen LogP contribution in [0, 0.1) is 0 Å². The smallest absolute Gasteiger partial charge is 0.132 e. The van der Waals surface area contributed by atoms with Crippen LogP contribution in [0.3, 0.4) is 0 Å². The lowest BCUT2D eigenvalue weighted by Gasteiger charge is -1.97. The number of Topliss-reactive ketones (excluding diaryl/α,β-unsaturated/α-hetero) is 1. The molecule has 12 heavy (non-hydrogen) atoms. The van der Waals surface area contributed by atoms with Gasteiger partial charge in [-0.3, -0.25) is 4.79 Å². The first-order valence-corrected chi connectivity index (χ1v) is 4.27. The molecule has 1 atom stereocenters. The van der Waals surface area contributed by atoms with Crippen molar-refractivity contribution in [2.45, 2.75) is 39.7 Å². The molecule has 0 saturated carbocycles. The van der Waals surface area contributed by atoms with E-state index >= 15 is 0 Å². The second-order valence-corrected chi connectivity index (χ2v) is 2.55. The van der Waals surface area contributed by atoms with Gasteiger partial charge in [0.25, 0.3) is 0 Å². The Labute approximate surface area is 74.7 Å². The summed E-state index contributed by atoms with van der Waals surface area (Å²) in [6, 6.07) is 0. The van der Waals surface area contributed by atoms with E-state index in [1.54, 1.807) is 14.0 Å². The Hall–Kier alpha value is -0.410. The van der Waals surface area contributed by atoms with Crippen LogP contribution in [0.5, 0.6) is 0 Å². The number of aliphatic hydroxyl groups excluding tert-OH is 1. The van der Waals surface area contributed by atoms with Crippen molar-refractivity contribution in [3.8, 4) is 0 Å². The van der Waals surface area contributed by atoms with Gasteiger partial charge in [0.2, 0.25) is 0 Å². The number of hydrogen-bond donors (Lipinski definition) is 1. The number of hydrogen-bond acceptors (Lipinski definition) is 3. The fourth-order valence-corrected chi connectivity index (χ4v) is 0.491. The highest BCUT2D eigenvalue weighted by atomic mass is 16.5. The number of rotatable bonds is 4. The summed E-state index contributed by atoms with van der Waals surface area (Å²) in [5, 5.41) is 8.43. The zero-order valence-electron chi connectivity index (χ0n) is 8.46. The maximum Gasteiger partial charge on any atom is 0.132 e. The molecule has 3 heteroatoms. The van der Waals surface area contributed by atoms with Crippen LogP contribution >= 0.6 is 0 Å². The van der Waals surface area contributed by atoms with Crippen molar-refractivity contribution in [3.63, 3.8) is 0 Å². The molecule has 0 amide bonds. The third-order valence-electron chi connectivity index (χ3n) is 1.20. The molecule has 0 spiro atoms. The molecular formula is C9H20O3. The summed E-state index contributed by atoms with van der Waals surface area (Å²) in [6.45, 7) is 5.88. The number of carbonyl (C=O) groups is 1. The van der Waals surface area contributed by atoms with Crippen molar-refractivity contribution in [3.05, 3.63) is 0 Å². The lowest BCUT2D eigenvalue weighted by molar-refractivity contribution is -0.118. The minimum absolute atomic E-state index is 0.324. The molecule has 0 bridgehead atoms. The van der Waals surface area contributed by atoms with Crippen molar-refractivity contribution in [1.29, 1.82) is 0 Å². The third-order valence-corrected chi connectivity index (χ3v) is 1.20. The molecule has 0 radical (unpaired) electrons. The molecule has 0 heterocycles. The second kappa shape index (κ2) is 10.6. The first kappa shape index (κ1) is 14.1. The average Bonchev–Trinajstić information content (AvgIpc) is 2.04. The highest BCUT2D eigenvalue weighted by molar-refractivity contribution is 5.77. The van der Waals surface area contributed by atoms with Gasteiger partial charge in [0, 0.05) is 20.0 Å². The topological polar surface area (TPSA) is 46.5 Å². The molecule has 0 aliphatic carbocycles. The Bertz CT molecular complexity index is 93.9. The predicted octanol–water partition coefficient (Wildman–Crippen LogP) is 1.39. The van der Waals surface area contributed by atoms with Crippen LogP contribution in [-0.2, 0) is 9.53 Å². The number of aliphatic hydroxyl groups is 1. The Morgan fingerprint density at radius 3 is 1.83 bits per heavy atom. The van der Waals surface area contributed by atoms with E-state index in [2.05, 4.69) is 4.74 Å². The summed E-state index contributed by atoms with van der Waals surface area (Å²) in [5.41, 5.74) is 0. The van der Waals surface area contributed by atoms with Crippen LogP contribution in [-0.4, -0.2) is 30.7 Å². The lowest BCUT2D eigenvalue weighted by atomic mass is 10.3. The summed E-state index contributed by atoms with van der Waals surface area (Å²) < 4.78 is 4.55. The molecule has 1 N–H and O–H groups in total. The van der Waals surface area contributed by atoms with E-state index in [1.807, 2.05) is 13.8 Å². The summed E-state index contributed by atoms with van der Waals surface area (Å²) in [4.78, 5) is 10.2. The van der Waals surface area contributed by atoms with Gasteiger partial charge >= 0.3 is 0 Å². The first-order valence-electron chi connectivity index (χ1n) is 4.27. The maximum absolute atomic E-state index is 10.2. The van der Waals surface area contributed by atoms with E-state index < -0.39 is 0 Å². The van der Waals surface area contributed by atoms with Crippen molar-refractivity contribution < 1.29 is 14.6 Å². The van der Waals surface area contributed by atoms with Crippen LogP contribution < -0.4 is 0 Å². The van der Waals surface area contributed by atoms with Gasteiger partial charge in [0.1, 0.15) is 5.78 Å². The largest absolute Gasteiger partial charge is 0.391 e. The van der Waals surface area contributed by atoms with Crippen molar-refractivity contribution in [2.75, 3.05) is 13.7 Å². The molecule has 1 unspecified atom stereocenters. The monoisotopic (exact) mass is 176 g/mol. The van der Waals surface area contributed by atoms with Gasteiger partial charge < -0.3 is 9.84 Å². The van der Waals surface area contributed by atoms with Crippen LogP contribution in [0.25, 0.3) is 0 Å². The highest BCUT2D eigenvalue weighted by Crippen LogP contribution is 1.83. The molecule has 0 aliphatic rings. The average molecular weight is 176 g/mol. The third kappa shape index (κ3) is 16.3. The lowest BCUT2D eigenvalue weighted by Crippen LogP contribution is -2.07. The second-order valence-electron chi connectivity index (χ2n) is 2.55. The molecule has 3 nitrogen and oxygen atoms in total. The van der Waals surface area contributed by atoms with E-state index in [0.717, 1.165) is 0 Å². The van der Waals surface area contributed by atoms with Gasteiger partial charge in [-0.1, -0.05) is 13.8 Å². The van der Waals surface area contributed by atoms with Gasteiger partial charge in [-0.25, -0.2) is 0 Å².